The molecule has 0 saturated heterocycles. The molecule has 6 heteroatoms. The molecule has 132 valence electrons. The third-order valence-electron chi connectivity index (χ3n) is 3.67. The third kappa shape index (κ3) is 4.12. The lowest BCUT2D eigenvalue weighted by Gasteiger charge is -2.11. The first-order chi connectivity index (χ1) is 12.6. The second-order valence-corrected chi connectivity index (χ2v) is 6.72. The lowest BCUT2D eigenvalue weighted by Crippen LogP contribution is -2.02. The standard InChI is InChI=1S/C20H14ClFO3S/c21-16-6-3-7-17(22)15(16)12-25-18-8-2-1-5-13(18)11-14(20(23)24)19-9-4-10-26-19/h1-11H,12H2,(H,23,24)/b14-11-. The Morgan fingerprint density at radius 2 is 1.96 bits per heavy atom. The molecule has 0 amide bonds. The Bertz CT molecular complexity index is 931. The second kappa shape index (κ2) is 8.17. The van der Waals surface area contributed by atoms with Gasteiger partial charge in [-0.1, -0.05) is 41.9 Å². The molecule has 3 nitrogen and oxygen atoms in total. The van der Waals surface area contributed by atoms with Crippen LogP contribution in [-0.4, -0.2) is 11.1 Å². The van der Waals surface area contributed by atoms with Crippen molar-refractivity contribution in [3.05, 3.63) is 86.8 Å². The van der Waals surface area contributed by atoms with E-state index < -0.39 is 11.8 Å². The van der Waals surface area contributed by atoms with Gasteiger partial charge < -0.3 is 9.84 Å². The van der Waals surface area contributed by atoms with Crippen molar-refractivity contribution in [3.63, 3.8) is 0 Å². The van der Waals surface area contributed by atoms with E-state index in [9.17, 15) is 14.3 Å². The van der Waals surface area contributed by atoms with Crippen LogP contribution in [0, 0.1) is 5.82 Å². The summed E-state index contributed by atoms with van der Waals surface area (Å²) < 4.78 is 19.6. The van der Waals surface area contributed by atoms with Gasteiger partial charge in [-0.2, -0.15) is 0 Å². The maximum absolute atomic E-state index is 13.9. The Kier molecular flexibility index (Phi) is 5.71. The molecular weight excluding hydrogens is 375 g/mol. The predicted octanol–water partition coefficient (Wildman–Crippen LogP) is 5.74. The lowest BCUT2D eigenvalue weighted by atomic mass is 10.1. The van der Waals surface area contributed by atoms with Gasteiger partial charge in [-0.15, -0.1) is 11.3 Å². The first-order valence-electron chi connectivity index (χ1n) is 7.70. The Morgan fingerprint density at radius 3 is 2.65 bits per heavy atom. The van der Waals surface area contributed by atoms with Crippen molar-refractivity contribution >= 4 is 40.6 Å². The zero-order valence-electron chi connectivity index (χ0n) is 13.5. The number of carboxylic acid groups (broad SMARTS) is 1. The number of ether oxygens (including phenoxy) is 1. The van der Waals surface area contributed by atoms with Crippen molar-refractivity contribution in [1.29, 1.82) is 0 Å². The summed E-state index contributed by atoms with van der Waals surface area (Å²) in [5.74, 6) is -1.03. The van der Waals surface area contributed by atoms with Gasteiger partial charge in [0.05, 0.1) is 10.6 Å². The first-order valence-corrected chi connectivity index (χ1v) is 8.95. The molecule has 3 rings (SSSR count). The number of para-hydroxylation sites is 1. The van der Waals surface area contributed by atoms with Crippen LogP contribution in [0.25, 0.3) is 11.6 Å². The number of hydrogen-bond donors (Lipinski definition) is 1. The van der Waals surface area contributed by atoms with E-state index in [-0.39, 0.29) is 22.8 Å². The SMILES string of the molecule is O=C(O)/C(=C\c1ccccc1OCc1c(F)cccc1Cl)c1cccs1. The van der Waals surface area contributed by atoms with E-state index >= 15 is 0 Å². The van der Waals surface area contributed by atoms with Crippen LogP contribution in [0.4, 0.5) is 4.39 Å². The topological polar surface area (TPSA) is 46.5 Å². The largest absolute Gasteiger partial charge is 0.488 e. The highest BCUT2D eigenvalue weighted by atomic mass is 35.5. The van der Waals surface area contributed by atoms with Gasteiger partial charge in [0.15, 0.2) is 0 Å². The van der Waals surface area contributed by atoms with Crippen LogP contribution in [0.2, 0.25) is 5.02 Å². The van der Waals surface area contributed by atoms with Crippen LogP contribution < -0.4 is 4.74 Å². The van der Waals surface area contributed by atoms with Crippen LogP contribution >= 0.6 is 22.9 Å². The van der Waals surface area contributed by atoms with Crippen molar-refractivity contribution in [2.24, 2.45) is 0 Å². The van der Waals surface area contributed by atoms with Gasteiger partial charge in [0.25, 0.3) is 0 Å². The van der Waals surface area contributed by atoms with Gasteiger partial charge in [0, 0.05) is 16.0 Å². The smallest absolute Gasteiger partial charge is 0.337 e. The molecule has 0 spiro atoms. The van der Waals surface area contributed by atoms with Gasteiger partial charge in [0.2, 0.25) is 0 Å². The fourth-order valence-electron chi connectivity index (χ4n) is 2.38. The highest BCUT2D eigenvalue weighted by molar-refractivity contribution is 7.11. The average Bonchev–Trinajstić information content (AvgIpc) is 3.14. The molecule has 0 aliphatic rings. The molecule has 26 heavy (non-hydrogen) atoms. The number of thiophene rings is 1. The molecule has 0 saturated carbocycles. The number of carboxylic acids is 1. The number of carbonyl (C=O) groups is 1. The van der Waals surface area contributed by atoms with Crippen molar-refractivity contribution < 1.29 is 19.0 Å². The highest BCUT2D eigenvalue weighted by Gasteiger charge is 2.14. The lowest BCUT2D eigenvalue weighted by molar-refractivity contribution is -0.130. The normalized spacial score (nSPS) is 11.4. The van der Waals surface area contributed by atoms with Crippen molar-refractivity contribution in [2.45, 2.75) is 6.61 Å². The quantitative estimate of drug-likeness (QED) is 0.547. The van der Waals surface area contributed by atoms with Crippen LogP contribution in [0.5, 0.6) is 5.75 Å². The average molecular weight is 389 g/mol. The van der Waals surface area contributed by atoms with E-state index in [2.05, 4.69) is 0 Å². The number of rotatable bonds is 6. The van der Waals surface area contributed by atoms with E-state index in [0.29, 0.717) is 16.2 Å². The minimum Gasteiger partial charge on any atom is -0.488 e. The molecule has 0 fully saturated rings. The van der Waals surface area contributed by atoms with E-state index in [1.165, 1.54) is 23.5 Å². The summed E-state index contributed by atoms with van der Waals surface area (Å²) in [6.07, 6.45) is 1.55. The molecule has 0 atom stereocenters. The number of hydrogen-bond acceptors (Lipinski definition) is 3. The molecular formula is C20H14ClFO3S. The molecule has 0 unspecified atom stereocenters. The third-order valence-corrected chi connectivity index (χ3v) is 4.93. The Balaban J connectivity index is 1.91. The van der Waals surface area contributed by atoms with Gasteiger partial charge in [-0.05, 0) is 35.7 Å². The van der Waals surface area contributed by atoms with Gasteiger partial charge in [-0.3, -0.25) is 0 Å². The fraction of sp³-hybridized carbons (Fsp3) is 0.0500. The van der Waals surface area contributed by atoms with Crippen molar-refractivity contribution in [2.75, 3.05) is 0 Å². The Hall–Kier alpha value is -2.63. The number of aliphatic carboxylic acids is 1. The van der Waals surface area contributed by atoms with E-state index in [4.69, 9.17) is 16.3 Å². The fourth-order valence-corrected chi connectivity index (χ4v) is 3.33. The minimum absolute atomic E-state index is 0.0578. The molecule has 3 aromatic rings. The van der Waals surface area contributed by atoms with Gasteiger partial charge >= 0.3 is 5.97 Å². The number of benzene rings is 2. The second-order valence-electron chi connectivity index (χ2n) is 5.37. The van der Waals surface area contributed by atoms with E-state index in [1.54, 1.807) is 48.5 Å². The molecule has 0 aliphatic heterocycles. The minimum atomic E-state index is -1.03. The van der Waals surface area contributed by atoms with Gasteiger partial charge in [-0.25, -0.2) is 9.18 Å². The van der Waals surface area contributed by atoms with Crippen molar-refractivity contribution in [1.82, 2.24) is 0 Å². The molecule has 0 aliphatic carbocycles. The van der Waals surface area contributed by atoms with Crippen LogP contribution in [0.3, 0.4) is 0 Å². The summed E-state index contributed by atoms with van der Waals surface area (Å²) in [7, 11) is 0. The zero-order chi connectivity index (χ0) is 18.5. The Labute approximate surface area is 158 Å². The molecule has 0 radical (unpaired) electrons. The molecule has 0 bridgehead atoms. The molecule has 2 aromatic carbocycles. The van der Waals surface area contributed by atoms with Crippen LogP contribution in [0.1, 0.15) is 16.0 Å². The van der Waals surface area contributed by atoms with E-state index in [1.807, 2.05) is 5.38 Å². The summed E-state index contributed by atoms with van der Waals surface area (Å²) >= 11 is 7.36. The molecule has 1 heterocycles. The maximum Gasteiger partial charge on any atom is 0.337 e. The predicted molar refractivity (Wildman–Crippen MR) is 102 cm³/mol. The molecule has 1 N–H and O–H groups in total. The monoisotopic (exact) mass is 388 g/mol. The summed E-state index contributed by atoms with van der Waals surface area (Å²) in [5.41, 5.74) is 1.01. The zero-order valence-corrected chi connectivity index (χ0v) is 15.1. The summed E-state index contributed by atoms with van der Waals surface area (Å²) in [6, 6.07) is 15.0. The van der Waals surface area contributed by atoms with E-state index in [0.717, 1.165) is 0 Å². The van der Waals surface area contributed by atoms with Crippen molar-refractivity contribution in [3.8, 4) is 5.75 Å². The van der Waals surface area contributed by atoms with Gasteiger partial charge in [0.1, 0.15) is 18.2 Å². The van der Waals surface area contributed by atoms with Crippen LogP contribution in [0.15, 0.2) is 60.0 Å². The summed E-state index contributed by atoms with van der Waals surface area (Å²) in [5, 5.41) is 11.6. The van der Waals surface area contributed by atoms with Crippen LogP contribution in [-0.2, 0) is 11.4 Å². The maximum atomic E-state index is 13.9. The first kappa shape index (κ1) is 18.2. The number of halogens is 2. The summed E-state index contributed by atoms with van der Waals surface area (Å²) in [6.45, 7) is -0.0578. The Morgan fingerprint density at radius 1 is 1.15 bits per heavy atom. The molecule has 1 aromatic heterocycles. The summed E-state index contributed by atoms with van der Waals surface area (Å²) in [4.78, 5) is 12.3. The highest BCUT2D eigenvalue weighted by Crippen LogP contribution is 2.29.